The molecule has 1 fully saturated rings. The molecule has 0 aliphatic heterocycles. The summed E-state index contributed by atoms with van der Waals surface area (Å²) in [5.41, 5.74) is 13.8. The van der Waals surface area contributed by atoms with Crippen molar-refractivity contribution < 1.29 is 0 Å². The maximum atomic E-state index is 5.83. The Kier molecular flexibility index (Phi) is 3.74. The molecule has 0 unspecified atom stereocenters. The van der Waals surface area contributed by atoms with Gasteiger partial charge in [0.05, 0.1) is 11.9 Å². The third-order valence-corrected chi connectivity index (χ3v) is 3.83. The van der Waals surface area contributed by atoms with E-state index in [0.717, 1.165) is 37.3 Å². The van der Waals surface area contributed by atoms with Crippen molar-refractivity contribution in [3.63, 3.8) is 0 Å². The second-order valence-corrected chi connectivity index (χ2v) is 5.66. The molecule has 2 aromatic heterocycles. The first-order valence-electron chi connectivity index (χ1n) is 7.21. The van der Waals surface area contributed by atoms with E-state index in [-0.39, 0.29) is 0 Å². The van der Waals surface area contributed by atoms with Crippen LogP contribution >= 0.6 is 0 Å². The Balaban J connectivity index is 1.59. The first kappa shape index (κ1) is 13.8. The molecule has 2 heterocycles. The molecule has 5 N–H and O–H groups in total. The first-order chi connectivity index (χ1) is 10.1. The third-order valence-electron chi connectivity index (χ3n) is 3.83. The topological polar surface area (TPSA) is 108 Å². The van der Waals surface area contributed by atoms with Crippen molar-refractivity contribution in [2.75, 3.05) is 17.6 Å². The zero-order valence-electron chi connectivity index (χ0n) is 12.2. The highest BCUT2D eigenvalue weighted by Crippen LogP contribution is 2.35. The van der Waals surface area contributed by atoms with Gasteiger partial charge in [0.1, 0.15) is 5.82 Å². The Morgan fingerprint density at radius 1 is 1.38 bits per heavy atom. The maximum Gasteiger partial charge on any atom is 0.222 e. The number of rotatable bonds is 5. The molecule has 2 aromatic rings. The van der Waals surface area contributed by atoms with Crippen LogP contribution in [0.1, 0.15) is 30.0 Å². The van der Waals surface area contributed by atoms with E-state index in [1.54, 1.807) is 4.68 Å². The molecule has 1 aliphatic carbocycles. The zero-order chi connectivity index (χ0) is 14.8. The summed E-state index contributed by atoms with van der Waals surface area (Å²) in [6.07, 6.45) is 6.73. The highest BCUT2D eigenvalue weighted by molar-refractivity contribution is 5.42. The van der Waals surface area contributed by atoms with Gasteiger partial charge in [0, 0.05) is 37.8 Å². The monoisotopic (exact) mass is 287 g/mol. The molecule has 21 heavy (non-hydrogen) atoms. The van der Waals surface area contributed by atoms with Crippen LogP contribution < -0.4 is 16.8 Å². The largest absolute Gasteiger partial charge is 0.370 e. The van der Waals surface area contributed by atoms with Crippen LogP contribution in [0.15, 0.2) is 18.5 Å². The van der Waals surface area contributed by atoms with Crippen LogP contribution in [-0.2, 0) is 13.5 Å². The van der Waals surface area contributed by atoms with Crippen molar-refractivity contribution >= 4 is 11.8 Å². The molecule has 112 valence electrons. The fourth-order valence-electron chi connectivity index (χ4n) is 2.62. The molecule has 0 amide bonds. The van der Waals surface area contributed by atoms with E-state index >= 15 is 0 Å². The molecule has 0 radical (unpaired) electrons. The lowest BCUT2D eigenvalue weighted by Crippen LogP contribution is -2.35. The summed E-state index contributed by atoms with van der Waals surface area (Å²) in [6.45, 7) is 0.783. The molecule has 7 heteroatoms. The Morgan fingerprint density at radius 3 is 2.86 bits per heavy atom. The van der Waals surface area contributed by atoms with Gasteiger partial charge in [-0.15, -0.1) is 0 Å². The average Bonchev–Trinajstić information content (AvgIpc) is 2.80. The fraction of sp³-hybridized carbons (Fsp3) is 0.500. The summed E-state index contributed by atoms with van der Waals surface area (Å²) < 4.78 is 1.80. The van der Waals surface area contributed by atoms with E-state index in [2.05, 4.69) is 20.4 Å². The highest BCUT2D eigenvalue weighted by Gasteiger charge is 2.29. The molecule has 1 saturated carbocycles. The Hall–Kier alpha value is -2.15. The molecule has 0 spiro atoms. The van der Waals surface area contributed by atoms with Gasteiger partial charge in [-0.1, -0.05) is 0 Å². The van der Waals surface area contributed by atoms with Crippen LogP contribution in [0, 0.1) is 0 Å². The number of nitrogens with two attached hydrogens (primary N) is 2. The van der Waals surface area contributed by atoms with Gasteiger partial charge in [-0.2, -0.15) is 10.1 Å². The van der Waals surface area contributed by atoms with Crippen LogP contribution in [0.2, 0.25) is 0 Å². The number of anilines is 2. The molecule has 3 rings (SSSR count). The van der Waals surface area contributed by atoms with Crippen molar-refractivity contribution in [1.82, 2.24) is 19.7 Å². The number of nitrogens with one attached hydrogen (secondary N) is 1. The van der Waals surface area contributed by atoms with Crippen molar-refractivity contribution in [3.8, 4) is 0 Å². The van der Waals surface area contributed by atoms with Crippen molar-refractivity contribution in [2.45, 2.75) is 31.2 Å². The van der Waals surface area contributed by atoms with Crippen LogP contribution in [0.3, 0.4) is 0 Å². The minimum Gasteiger partial charge on any atom is -0.370 e. The predicted molar refractivity (Wildman–Crippen MR) is 81.8 cm³/mol. The lowest BCUT2D eigenvalue weighted by atomic mass is 9.78. The fourth-order valence-corrected chi connectivity index (χ4v) is 2.62. The quantitative estimate of drug-likeness (QED) is 0.745. The zero-order valence-corrected chi connectivity index (χ0v) is 12.2. The van der Waals surface area contributed by atoms with Crippen molar-refractivity contribution in [1.29, 1.82) is 0 Å². The van der Waals surface area contributed by atoms with E-state index in [0.29, 0.717) is 17.9 Å². The van der Waals surface area contributed by atoms with Crippen LogP contribution in [-0.4, -0.2) is 32.3 Å². The molecule has 1 aliphatic rings. The summed E-state index contributed by atoms with van der Waals surface area (Å²) in [5.74, 6) is 1.52. The second kappa shape index (κ2) is 5.69. The van der Waals surface area contributed by atoms with E-state index in [1.165, 1.54) is 5.56 Å². The molecule has 0 saturated heterocycles. The minimum atomic E-state index is 0.299. The normalized spacial score (nSPS) is 21.0. The standard InChI is InChI=1S/C14H21N7/c1-21-8-9(7-18-21)2-3-17-13-6-12(19-14(16)20-13)10-4-11(15)5-10/h6-8,10-11H,2-5,15H2,1H3,(H3,16,17,19,20). The SMILES string of the molecule is Cn1cc(CCNc2cc(C3CC(N)C3)nc(N)n2)cn1. The highest BCUT2D eigenvalue weighted by atomic mass is 15.2. The van der Waals surface area contributed by atoms with E-state index in [9.17, 15) is 0 Å². The second-order valence-electron chi connectivity index (χ2n) is 5.66. The molecular weight excluding hydrogens is 266 g/mol. The molecule has 7 nitrogen and oxygen atoms in total. The summed E-state index contributed by atoms with van der Waals surface area (Å²) in [7, 11) is 1.91. The van der Waals surface area contributed by atoms with Gasteiger partial charge in [0.25, 0.3) is 0 Å². The van der Waals surface area contributed by atoms with E-state index in [4.69, 9.17) is 11.5 Å². The van der Waals surface area contributed by atoms with Crippen LogP contribution in [0.4, 0.5) is 11.8 Å². The lowest BCUT2D eigenvalue weighted by molar-refractivity contribution is 0.345. The summed E-state index contributed by atoms with van der Waals surface area (Å²) in [6, 6.07) is 2.28. The summed E-state index contributed by atoms with van der Waals surface area (Å²) >= 11 is 0. The van der Waals surface area contributed by atoms with Gasteiger partial charge in [0.15, 0.2) is 0 Å². The predicted octanol–water partition coefficient (Wildman–Crippen LogP) is 0.652. The van der Waals surface area contributed by atoms with Crippen LogP contribution in [0.5, 0.6) is 0 Å². The molecule has 0 aromatic carbocycles. The number of hydrogen-bond donors (Lipinski definition) is 3. The summed E-state index contributed by atoms with van der Waals surface area (Å²) in [5, 5.41) is 7.45. The third kappa shape index (κ3) is 3.30. The molecule has 0 bridgehead atoms. The van der Waals surface area contributed by atoms with E-state index in [1.807, 2.05) is 25.5 Å². The van der Waals surface area contributed by atoms with E-state index < -0.39 is 0 Å². The molecular formula is C14H21N7. The van der Waals surface area contributed by atoms with Gasteiger partial charge in [-0.3, -0.25) is 4.68 Å². The number of hydrogen-bond acceptors (Lipinski definition) is 6. The lowest BCUT2D eigenvalue weighted by Gasteiger charge is -2.32. The Morgan fingerprint density at radius 2 is 2.19 bits per heavy atom. The minimum absolute atomic E-state index is 0.299. The van der Waals surface area contributed by atoms with Crippen LogP contribution in [0.25, 0.3) is 0 Å². The first-order valence-corrected chi connectivity index (χ1v) is 7.21. The maximum absolute atomic E-state index is 5.83. The van der Waals surface area contributed by atoms with Gasteiger partial charge >= 0.3 is 0 Å². The smallest absolute Gasteiger partial charge is 0.222 e. The van der Waals surface area contributed by atoms with Gasteiger partial charge < -0.3 is 16.8 Å². The number of aromatic nitrogens is 4. The number of nitrogens with zero attached hydrogens (tertiary/aromatic N) is 4. The van der Waals surface area contributed by atoms with Gasteiger partial charge in [-0.05, 0) is 24.8 Å². The van der Waals surface area contributed by atoms with Gasteiger partial charge in [0.2, 0.25) is 5.95 Å². The average molecular weight is 287 g/mol. The van der Waals surface area contributed by atoms with Crippen molar-refractivity contribution in [2.24, 2.45) is 12.8 Å². The summed E-state index contributed by atoms with van der Waals surface area (Å²) in [4.78, 5) is 8.55. The number of aryl methyl sites for hydroxylation is 1. The number of nitrogen functional groups attached to an aromatic ring is 1. The molecule has 0 atom stereocenters. The Labute approximate surface area is 123 Å². The van der Waals surface area contributed by atoms with Crippen molar-refractivity contribution in [3.05, 3.63) is 29.7 Å². The Bertz CT molecular complexity index is 616. The van der Waals surface area contributed by atoms with Gasteiger partial charge in [-0.25, -0.2) is 4.98 Å².